The van der Waals surface area contributed by atoms with Crippen molar-refractivity contribution in [2.45, 2.75) is 43.2 Å². The highest BCUT2D eigenvalue weighted by atomic mass is 16.7. The van der Waals surface area contributed by atoms with Gasteiger partial charge in [0, 0.05) is 17.7 Å². The molecule has 2 aliphatic rings. The topological polar surface area (TPSA) is 203 Å². The predicted octanol–water partition coefficient (Wildman–Crippen LogP) is -0.219. The molecule has 0 aromatic heterocycles. The molecule has 2 heterocycles. The van der Waals surface area contributed by atoms with Crippen molar-refractivity contribution in [1.29, 1.82) is 0 Å². The fraction of sp³-hybridized carbons (Fsp3) is 0.333. The van der Waals surface area contributed by atoms with Crippen molar-refractivity contribution in [3.8, 4) is 28.7 Å². The van der Waals surface area contributed by atoms with Crippen LogP contribution in [0, 0.1) is 0 Å². The molecule has 1 saturated heterocycles. The smallest absolute Gasteiger partial charge is 0.335 e. The van der Waals surface area contributed by atoms with Crippen LogP contribution in [0.4, 0.5) is 0 Å². The van der Waals surface area contributed by atoms with Gasteiger partial charge < -0.3 is 50.0 Å². The lowest BCUT2D eigenvalue weighted by atomic mass is 9.95. The van der Waals surface area contributed by atoms with Crippen molar-refractivity contribution in [1.82, 2.24) is 0 Å². The Morgan fingerprint density at radius 1 is 0.970 bits per heavy atom. The summed E-state index contributed by atoms with van der Waals surface area (Å²) >= 11 is 0. The van der Waals surface area contributed by atoms with Crippen molar-refractivity contribution >= 4 is 11.8 Å². The second-order valence-electron chi connectivity index (χ2n) is 7.65. The number of aliphatic hydroxyl groups excluding tert-OH is 3. The molecule has 0 bridgehead atoms. The first-order valence-electron chi connectivity index (χ1n) is 9.74. The molecule has 0 spiro atoms. The van der Waals surface area contributed by atoms with Crippen molar-refractivity contribution in [2.24, 2.45) is 0 Å². The van der Waals surface area contributed by atoms with Gasteiger partial charge in [0.15, 0.2) is 11.9 Å². The summed E-state index contributed by atoms with van der Waals surface area (Å²) in [6.45, 7) is 0. The Morgan fingerprint density at radius 3 is 2.39 bits per heavy atom. The number of aliphatic hydroxyl groups is 3. The highest BCUT2D eigenvalue weighted by Crippen LogP contribution is 2.44. The average Bonchev–Trinajstić information content (AvgIpc) is 2.75. The van der Waals surface area contributed by atoms with Crippen LogP contribution < -0.4 is 9.47 Å². The second-order valence-corrected chi connectivity index (χ2v) is 7.65. The van der Waals surface area contributed by atoms with E-state index in [0.717, 1.165) is 6.07 Å². The summed E-state index contributed by atoms with van der Waals surface area (Å²) < 4.78 is 16.2. The first-order valence-corrected chi connectivity index (χ1v) is 9.74. The normalized spacial score (nSPS) is 29.1. The number of ketones is 1. The summed E-state index contributed by atoms with van der Waals surface area (Å²) in [5.74, 6) is -3.40. The number of Topliss-reactive ketones (excluding diaryl/α,β-unsaturated/α-hetero) is 1. The Hall–Kier alpha value is -3.58. The maximum Gasteiger partial charge on any atom is 0.335 e. The molecule has 12 nitrogen and oxygen atoms in total. The van der Waals surface area contributed by atoms with Gasteiger partial charge in [-0.15, -0.1) is 0 Å². The van der Waals surface area contributed by atoms with Gasteiger partial charge in [-0.3, -0.25) is 4.79 Å². The Labute approximate surface area is 185 Å². The summed E-state index contributed by atoms with van der Waals surface area (Å²) in [6, 6.07) is 5.88. The van der Waals surface area contributed by atoms with Crippen LogP contribution in [0.25, 0.3) is 0 Å². The van der Waals surface area contributed by atoms with Crippen LogP contribution in [-0.2, 0) is 9.53 Å². The molecule has 0 amide bonds. The fourth-order valence-corrected chi connectivity index (χ4v) is 3.74. The number of phenolic OH excluding ortho intramolecular Hbond substituents is 3. The van der Waals surface area contributed by atoms with E-state index in [4.69, 9.17) is 19.3 Å². The summed E-state index contributed by atoms with van der Waals surface area (Å²) in [5.41, 5.74) is -0.0329. The van der Waals surface area contributed by atoms with Gasteiger partial charge in [-0.05, 0) is 18.2 Å². The lowest BCUT2D eigenvalue weighted by Crippen LogP contribution is -2.61. The van der Waals surface area contributed by atoms with E-state index in [1.54, 1.807) is 0 Å². The van der Waals surface area contributed by atoms with Crippen LogP contribution in [0.2, 0.25) is 0 Å². The van der Waals surface area contributed by atoms with Crippen LogP contribution in [0.1, 0.15) is 28.4 Å². The lowest BCUT2D eigenvalue weighted by molar-refractivity contribution is -0.271. The molecule has 6 unspecified atom stereocenters. The third-order valence-corrected chi connectivity index (χ3v) is 5.40. The summed E-state index contributed by atoms with van der Waals surface area (Å²) in [6.07, 6.45) is -10.5. The first-order chi connectivity index (χ1) is 15.6. The number of fused-ring (bicyclic) bond motifs is 1. The van der Waals surface area contributed by atoms with E-state index < -0.39 is 54.3 Å². The number of aliphatic carboxylic acids is 1. The standard InChI is InChI=1S/C21H20O12/c22-7-1-2-10(23)9(3-7)13-6-12(25)15-11(24)4-8(5-14(15)32-13)31-21-18(28)16(26)17(27)19(33-21)20(29)30/h1-5,13,16-19,21-24,26-28H,6H2,(H,29,30). The van der Waals surface area contributed by atoms with Gasteiger partial charge in [-0.25, -0.2) is 4.79 Å². The molecule has 0 radical (unpaired) electrons. The largest absolute Gasteiger partial charge is 0.508 e. The molecule has 6 atom stereocenters. The third-order valence-electron chi connectivity index (χ3n) is 5.40. The third kappa shape index (κ3) is 4.12. The Bertz CT molecular complexity index is 1100. The molecule has 0 saturated carbocycles. The maximum atomic E-state index is 12.6. The average molecular weight is 464 g/mol. The fourth-order valence-electron chi connectivity index (χ4n) is 3.74. The van der Waals surface area contributed by atoms with Crippen LogP contribution >= 0.6 is 0 Å². The molecule has 176 valence electrons. The minimum atomic E-state index is -1.91. The number of hydrogen-bond donors (Lipinski definition) is 7. The number of carboxylic acids is 1. The number of carboxylic acid groups (broad SMARTS) is 1. The molecule has 4 rings (SSSR count). The Morgan fingerprint density at radius 2 is 1.70 bits per heavy atom. The first kappa shape index (κ1) is 22.6. The van der Waals surface area contributed by atoms with Crippen molar-refractivity contribution in [2.75, 3.05) is 0 Å². The van der Waals surface area contributed by atoms with Crippen LogP contribution in [0.3, 0.4) is 0 Å². The number of rotatable bonds is 4. The van der Waals surface area contributed by atoms with Gasteiger partial charge >= 0.3 is 5.97 Å². The summed E-state index contributed by atoms with van der Waals surface area (Å²) in [7, 11) is 0. The van der Waals surface area contributed by atoms with Gasteiger partial charge in [0.25, 0.3) is 0 Å². The molecular formula is C21H20O12. The molecule has 1 fully saturated rings. The monoisotopic (exact) mass is 464 g/mol. The van der Waals surface area contributed by atoms with E-state index in [-0.39, 0.29) is 40.5 Å². The molecule has 0 aliphatic carbocycles. The highest BCUT2D eigenvalue weighted by molar-refractivity contribution is 6.02. The van der Waals surface area contributed by atoms with Crippen LogP contribution in [-0.4, -0.2) is 78.2 Å². The van der Waals surface area contributed by atoms with Crippen molar-refractivity contribution in [3.63, 3.8) is 0 Å². The summed E-state index contributed by atoms with van der Waals surface area (Å²) in [4.78, 5) is 23.9. The van der Waals surface area contributed by atoms with Gasteiger partial charge in [-0.2, -0.15) is 0 Å². The van der Waals surface area contributed by atoms with Gasteiger partial charge in [0.1, 0.15) is 58.7 Å². The maximum absolute atomic E-state index is 12.6. The zero-order valence-corrected chi connectivity index (χ0v) is 16.7. The number of benzene rings is 2. The Kier molecular flexibility index (Phi) is 5.76. The lowest BCUT2D eigenvalue weighted by Gasteiger charge is -2.38. The molecule has 2 aromatic rings. The number of carbonyl (C=O) groups excluding carboxylic acids is 1. The van der Waals surface area contributed by atoms with Crippen LogP contribution in [0.5, 0.6) is 28.7 Å². The minimum Gasteiger partial charge on any atom is -0.508 e. The highest BCUT2D eigenvalue weighted by Gasteiger charge is 2.48. The molecule has 7 N–H and O–H groups in total. The molecule has 2 aliphatic heterocycles. The van der Waals surface area contributed by atoms with E-state index >= 15 is 0 Å². The Balaban J connectivity index is 1.63. The number of hydrogen-bond acceptors (Lipinski definition) is 11. The predicted molar refractivity (Wildman–Crippen MR) is 105 cm³/mol. The van der Waals surface area contributed by atoms with Crippen molar-refractivity contribution < 1.29 is 59.5 Å². The minimum absolute atomic E-state index is 0.132. The summed E-state index contributed by atoms with van der Waals surface area (Å²) in [5, 5.41) is 69.0. The van der Waals surface area contributed by atoms with E-state index in [9.17, 15) is 40.2 Å². The number of carbonyl (C=O) groups is 2. The number of phenols is 3. The van der Waals surface area contributed by atoms with Crippen molar-refractivity contribution in [3.05, 3.63) is 41.5 Å². The molecule has 12 heteroatoms. The molecular weight excluding hydrogens is 444 g/mol. The number of ether oxygens (including phenoxy) is 3. The quantitative estimate of drug-likeness (QED) is 0.294. The van der Waals surface area contributed by atoms with E-state index in [2.05, 4.69) is 0 Å². The number of aromatic hydroxyl groups is 3. The van der Waals surface area contributed by atoms with Crippen LogP contribution in [0.15, 0.2) is 30.3 Å². The van der Waals surface area contributed by atoms with Gasteiger partial charge in [0.05, 0.1) is 6.42 Å². The zero-order chi connectivity index (χ0) is 24.0. The zero-order valence-electron chi connectivity index (χ0n) is 16.7. The second kappa shape index (κ2) is 8.41. The molecule has 33 heavy (non-hydrogen) atoms. The SMILES string of the molecule is O=C1CC(c2cc(O)ccc2O)Oc2cc(OC3OC(C(=O)O)C(O)C(O)C3O)cc(O)c21. The van der Waals surface area contributed by atoms with Gasteiger partial charge in [-0.1, -0.05) is 0 Å². The van der Waals surface area contributed by atoms with Gasteiger partial charge in [0.2, 0.25) is 6.29 Å². The van der Waals surface area contributed by atoms with E-state index in [0.29, 0.717) is 0 Å². The van der Waals surface area contributed by atoms with E-state index in [1.165, 1.54) is 24.3 Å². The molecule has 2 aromatic carbocycles. The van der Waals surface area contributed by atoms with E-state index in [1.807, 2.05) is 0 Å².